The Hall–Kier alpha value is -3.65. The molecule has 160 valence electrons. The van der Waals surface area contributed by atoms with Crippen LogP contribution in [0.2, 0.25) is 5.15 Å². The maximum absolute atomic E-state index is 13.2. The SMILES string of the molecule is COc1cc(C(=O)/C=C/c2c(C)nn(-c3ccc(F)cc3)c2Cl)ccc1OCC(=O)O. The van der Waals surface area contributed by atoms with E-state index in [1.807, 2.05) is 0 Å². The van der Waals surface area contributed by atoms with Crippen molar-refractivity contribution in [3.05, 3.63) is 76.3 Å². The van der Waals surface area contributed by atoms with Gasteiger partial charge in [-0.3, -0.25) is 4.79 Å². The van der Waals surface area contributed by atoms with Crippen LogP contribution in [0.4, 0.5) is 4.39 Å². The van der Waals surface area contributed by atoms with Gasteiger partial charge < -0.3 is 14.6 Å². The third-order valence-corrected chi connectivity index (χ3v) is 4.68. The number of benzene rings is 2. The summed E-state index contributed by atoms with van der Waals surface area (Å²) in [6.07, 6.45) is 2.89. The van der Waals surface area contributed by atoms with Crippen molar-refractivity contribution in [2.24, 2.45) is 0 Å². The van der Waals surface area contributed by atoms with Crippen molar-refractivity contribution >= 4 is 29.4 Å². The van der Waals surface area contributed by atoms with Crippen molar-refractivity contribution in [1.82, 2.24) is 9.78 Å². The molecule has 2 aromatic carbocycles. The molecule has 0 saturated heterocycles. The molecule has 3 aromatic rings. The molecule has 7 nitrogen and oxygen atoms in total. The van der Waals surface area contributed by atoms with Gasteiger partial charge in [0.2, 0.25) is 0 Å². The Bertz CT molecular complexity index is 1160. The minimum Gasteiger partial charge on any atom is -0.493 e. The second kappa shape index (κ2) is 9.44. The predicted octanol–water partition coefficient (Wildman–Crippen LogP) is 4.34. The summed E-state index contributed by atoms with van der Waals surface area (Å²) in [6, 6.07) is 10.1. The van der Waals surface area contributed by atoms with E-state index in [1.54, 1.807) is 25.1 Å². The molecule has 3 rings (SSSR count). The number of carboxylic acids is 1. The van der Waals surface area contributed by atoms with Crippen molar-refractivity contribution in [3.63, 3.8) is 0 Å². The lowest BCUT2D eigenvalue weighted by molar-refractivity contribution is -0.139. The number of aromatic nitrogens is 2. The lowest BCUT2D eigenvalue weighted by Gasteiger charge is -2.09. The summed E-state index contributed by atoms with van der Waals surface area (Å²) in [4.78, 5) is 23.3. The van der Waals surface area contributed by atoms with Crippen molar-refractivity contribution < 1.29 is 28.6 Å². The maximum Gasteiger partial charge on any atom is 0.341 e. The number of ketones is 1. The fourth-order valence-electron chi connectivity index (χ4n) is 2.79. The van der Waals surface area contributed by atoms with E-state index in [9.17, 15) is 14.0 Å². The van der Waals surface area contributed by atoms with Crippen LogP contribution in [0.1, 0.15) is 21.6 Å². The molecule has 0 aliphatic rings. The van der Waals surface area contributed by atoms with Crippen molar-refractivity contribution in [2.75, 3.05) is 13.7 Å². The summed E-state index contributed by atoms with van der Waals surface area (Å²) in [5, 5.41) is 13.4. The number of carbonyl (C=O) groups is 2. The van der Waals surface area contributed by atoms with Gasteiger partial charge >= 0.3 is 5.97 Å². The number of allylic oxidation sites excluding steroid dienone is 1. The number of aryl methyl sites for hydroxylation is 1. The minimum absolute atomic E-state index is 0.213. The van der Waals surface area contributed by atoms with Crippen LogP contribution in [-0.2, 0) is 4.79 Å². The van der Waals surface area contributed by atoms with Crippen LogP contribution in [-0.4, -0.2) is 40.4 Å². The second-order valence-corrected chi connectivity index (χ2v) is 6.78. The smallest absolute Gasteiger partial charge is 0.341 e. The molecule has 0 aliphatic carbocycles. The van der Waals surface area contributed by atoms with Gasteiger partial charge in [0, 0.05) is 11.1 Å². The lowest BCUT2D eigenvalue weighted by Crippen LogP contribution is -2.10. The van der Waals surface area contributed by atoms with Crippen LogP contribution in [0.5, 0.6) is 11.5 Å². The second-order valence-electron chi connectivity index (χ2n) is 6.42. The number of hydrogen-bond acceptors (Lipinski definition) is 5. The molecule has 0 saturated carbocycles. The zero-order chi connectivity index (χ0) is 22.5. The third-order valence-electron chi connectivity index (χ3n) is 4.32. The molecule has 0 atom stereocenters. The van der Waals surface area contributed by atoms with E-state index in [2.05, 4.69) is 5.10 Å². The van der Waals surface area contributed by atoms with Crippen LogP contribution in [0, 0.1) is 12.7 Å². The number of nitrogens with zero attached hydrogens (tertiary/aromatic N) is 2. The molecular weight excluding hydrogens is 427 g/mol. The zero-order valence-corrected chi connectivity index (χ0v) is 17.4. The first kappa shape index (κ1) is 22.0. The Kier molecular flexibility index (Phi) is 6.71. The van der Waals surface area contributed by atoms with Gasteiger partial charge in [-0.1, -0.05) is 11.6 Å². The molecule has 0 amide bonds. The molecule has 0 fully saturated rings. The van der Waals surface area contributed by atoms with Gasteiger partial charge in [0.15, 0.2) is 23.9 Å². The molecular formula is C22H18ClFN2O5. The molecule has 0 spiro atoms. The van der Waals surface area contributed by atoms with Gasteiger partial charge in [-0.2, -0.15) is 5.10 Å². The van der Waals surface area contributed by atoms with Gasteiger partial charge in [0.25, 0.3) is 0 Å². The molecule has 31 heavy (non-hydrogen) atoms. The van der Waals surface area contributed by atoms with E-state index in [0.29, 0.717) is 22.5 Å². The first-order valence-electron chi connectivity index (χ1n) is 9.06. The van der Waals surface area contributed by atoms with Gasteiger partial charge in [-0.05, 0) is 61.5 Å². The minimum atomic E-state index is -1.13. The molecule has 1 N–H and O–H groups in total. The number of rotatable bonds is 8. The number of carboxylic acid groups (broad SMARTS) is 1. The van der Waals surface area contributed by atoms with Gasteiger partial charge in [0.1, 0.15) is 11.0 Å². The highest BCUT2D eigenvalue weighted by Gasteiger charge is 2.14. The maximum atomic E-state index is 13.2. The van der Waals surface area contributed by atoms with Crippen LogP contribution < -0.4 is 9.47 Å². The Labute approximate surface area is 182 Å². The third kappa shape index (κ3) is 5.10. The van der Waals surface area contributed by atoms with Crippen LogP contribution in [0.15, 0.2) is 48.5 Å². The highest BCUT2D eigenvalue weighted by molar-refractivity contribution is 6.31. The Morgan fingerprint density at radius 2 is 1.90 bits per heavy atom. The van der Waals surface area contributed by atoms with Gasteiger partial charge in [-0.15, -0.1) is 0 Å². The fraction of sp³-hybridized carbons (Fsp3) is 0.136. The summed E-state index contributed by atoms with van der Waals surface area (Å²) in [6.45, 7) is 1.22. The molecule has 1 heterocycles. The van der Waals surface area contributed by atoms with Crippen molar-refractivity contribution in [2.45, 2.75) is 6.92 Å². The summed E-state index contributed by atoms with van der Waals surface area (Å²) < 4.78 is 24.9. The van der Waals surface area contributed by atoms with E-state index in [4.69, 9.17) is 26.2 Å². The van der Waals surface area contributed by atoms with Gasteiger partial charge in [0.05, 0.1) is 18.5 Å². The summed E-state index contributed by atoms with van der Waals surface area (Å²) in [7, 11) is 1.39. The first-order valence-corrected chi connectivity index (χ1v) is 9.44. The quantitative estimate of drug-likeness (QED) is 0.410. The van der Waals surface area contributed by atoms with Crippen LogP contribution in [0.3, 0.4) is 0 Å². The highest BCUT2D eigenvalue weighted by atomic mass is 35.5. The molecule has 0 radical (unpaired) electrons. The Morgan fingerprint density at radius 3 is 2.55 bits per heavy atom. The topological polar surface area (TPSA) is 90.6 Å². The van der Waals surface area contributed by atoms with Gasteiger partial charge in [-0.25, -0.2) is 13.9 Å². The number of halogens is 2. The molecule has 0 aliphatic heterocycles. The zero-order valence-electron chi connectivity index (χ0n) is 16.6. The predicted molar refractivity (Wildman–Crippen MR) is 113 cm³/mol. The largest absolute Gasteiger partial charge is 0.493 e. The van der Waals surface area contributed by atoms with E-state index in [0.717, 1.165) is 0 Å². The average Bonchev–Trinajstić information content (AvgIpc) is 3.04. The Balaban J connectivity index is 1.83. The van der Waals surface area contributed by atoms with E-state index in [1.165, 1.54) is 48.2 Å². The number of hydrogen-bond donors (Lipinski definition) is 1. The highest BCUT2D eigenvalue weighted by Crippen LogP contribution is 2.29. The van der Waals surface area contributed by atoms with E-state index < -0.39 is 12.6 Å². The molecule has 9 heteroatoms. The monoisotopic (exact) mass is 444 g/mol. The first-order chi connectivity index (χ1) is 14.8. The number of aliphatic carboxylic acids is 1. The Morgan fingerprint density at radius 1 is 1.19 bits per heavy atom. The fourth-order valence-corrected chi connectivity index (χ4v) is 3.12. The van der Waals surface area contributed by atoms with Crippen LogP contribution in [0.25, 0.3) is 11.8 Å². The van der Waals surface area contributed by atoms with Crippen molar-refractivity contribution in [3.8, 4) is 17.2 Å². The van der Waals surface area contributed by atoms with E-state index >= 15 is 0 Å². The molecule has 0 unspecified atom stereocenters. The van der Waals surface area contributed by atoms with E-state index in [-0.39, 0.29) is 28.3 Å². The molecule has 0 bridgehead atoms. The summed E-state index contributed by atoms with van der Waals surface area (Å²) in [5.41, 5.74) is 2.04. The molecule has 1 aromatic heterocycles. The van der Waals surface area contributed by atoms with Crippen molar-refractivity contribution in [1.29, 1.82) is 0 Å². The summed E-state index contributed by atoms with van der Waals surface area (Å²) >= 11 is 6.42. The lowest BCUT2D eigenvalue weighted by atomic mass is 10.1. The standard InChI is InChI=1S/C22H18ClFN2O5/c1-13-17(22(23)26(25-13)16-6-4-15(24)5-7-16)8-9-18(27)14-3-10-19(20(11-14)30-2)31-12-21(28)29/h3-11H,12H2,1-2H3,(H,28,29)/b9-8+. The number of ether oxygens (including phenoxy) is 2. The van der Waals surface area contributed by atoms with Crippen LogP contribution >= 0.6 is 11.6 Å². The average molecular weight is 445 g/mol. The summed E-state index contributed by atoms with van der Waals surface area (Å²) in [5.74, 6) is -1.38. The number of methoxy groups -OCH3 is 1. The number of carbonyl (C=O) groups excluding carboxylic acids is 1. The normalized spacial score (nSPS) is 11.0.